The van der Waals surface area contributed by atoms with Crippen LogP contribution in [0.15, 0.2) is 48.5 Å². The molecule has 0 bridgehead atoms. The zero-order chi connectivity index (χ0) is 18.7. The molecular formula is C23H23F3. The van der Waals surface area contributed by atoms with Crippen molar-refractivity contribution in [1.82, 2.24) is 0 Å². The summed E-state index contributed by atoms with van der Waals surface area (Å²) in [4.78, 5) is 0. The van der Waals surface area contributed by atoms with Gasteiger partial charge in [-0.05, 0) is 64.4 Å². The van der Waals surface area contributed by atoms with Crippen molar-refractivity contribution < 1.29 is 13.2 Å². The molecule has 1 saturated carbocycles. The molecule has 0 heterocycles. The summed E-state index contributed by atoms with van der Waals surface area (Å²) >= 11 is 0. The van der Waals surface area contributed by atoms with Gasteiger partial charge in [-0.3, -0.25) is 0 Å². The topological polar surface area (TPSA) is 0 Å². The van der Waals surface area contributed by atoms with Crippen LogP contribution >= 0.6 is 0 Å². The largest absolute Gasteiger partial charge is 0.204 e. The van der Waals surface area contributed by atoms with Crippen molar-refractivity contribution in [3.63, 3.8) is 0 Å². The Hall–Kier alpha value is -2.29. The fourth-order valence-electron chi connectivity index (χ4n) is 3.68. The highest BCUT2D eigenvalue weighted by Gasteiger charge is 2.17. The number of fused-ring (bicyclic) bond motifs is 1. The van der Waals surface area contributed by atoms with E-state index in [0.717, 1.165) is 22.9 Å². The highest BCUT2D eigenvalue weighted by molar-refractivity contribution is 5.88. The fraction of sp³-hybridized carbons (Fsp3) is 0.304. The van der Waals surface area contributed by atoms with E-state index in [4.69, 9.17) is 0 Å². The predicted molar refractivity (Wildman–Crippen MR) is 102 cm³/mol. The second kappa shape index (κ2) is 7.94. The van der Waals surface area contributed by atoms with Gasteiger partial charge in [0.15, 0.2) is 17.5 Å². The third kappa shape index (κ3) is 3.62. The van der Waals surface area contributed by atoms with Crippen molar-refractivity contribution in [3.8, 4) is 11.1 Å². The summed E-state index contributed by atoms with van der Waals surface area (Å²) in [5.74, 6) is -3.11. The zero-order valence-corrected chi connectivity index (χ0v) is 15.2. The lowest BCUT2D eigenvalue weighted by molar-refractivity contribution is 0.448. The second-order valence-corrected chi connectivity index (χ2v) is 6.56. The van der Waals surface area contributed by atoms with Crippen molar-refractivity contribution in [2.24, 2.45) is 0 Å². The Balaban J connectivity index is 0.000000948. The molecule has 0 radical (unpaired) electrons. The van der Waals surface area contributed by atoms with Gasteiger partial charge in [0.1, 0.15) is 0 Å². The van der Waals surface area contributed by atoms with Crippen LogP contribution in [0.4, 0.5) is 13.2 Å². The van der Waals surface area contributed by atoms with Gasteiger partial charge in [-0.25, -0.2) is 13.2 Å². The van der Waals surface area contributed by atoms with Crippen LogP contribution in [0.3, 0.4) is 0 Å². The van der Waals surface area contributed by atoms with Crippen LogP contribution in [0.2, 0.25) is 0 Å². The molecule has 1 aliphatic rings. The lowest BCUT2D eigenvalue weighted by Crippen LogP contribution is -1.93. The van der Waals surface area contributed by atoms with Gasteiger partial charge in [-0.1, -0.05) is 57.0 Å². The minimum Gasteiger partial charge on any atom is -0.204 e. The number of rotatable bonds is 2. The lowest BCUT2D eigenvalue weighted by Gasteiger charge is -2.11. The van der Waals surface area contributed by atoms with E-state index in [1.54, 1.807) is 0 Å². The lowest BCUT2D eigenvalue weighted by atomic mass is 9.94. The molecule has 0 aliphatic heterocycles. The highest BCUT2D eigenvalue weighted by atomic mass is 19.2. The van der Waals surface area contributed by atoms with E-state index in [1.165, 1.54) is 31.2 Å². The van der Waals surface area contributed by atoms with Crippen LogP contribution in [0.1, 0.15) is 51.0 Å². The number of halogens is 3. The normalized spacial score (nSPS) is 14.3. The molecule has 3 aromatic rings. The molecule has 0 aromatic heterocycles. The summed E-state index contributed by atoms with van der Waals surface area (Å²) in [6.45, 7) is 4.00. The van der Waals surface area contributed by atoms with E-state index in [9.17, 15) is 13.2 Å². The van der Waals surface area contributed by atoms with Gasteiger partial charge in [-0.2, -0.15) is 0 Å². The third-order valence-electron chi connectivity index (χ3n) is 5.01. The van der Waals surface area contributed by atoms with E-state index in [0.29, 0.717) is 17.0 Å². The van der Waals surface area contributed by atoms with Crippen LogP contribution in [-0.2, 0) is 0 Å². The van der Waals surface area contributed by atoms with Gasteiger partial charge < -0.3 is 0 Å². The van der Waals surface area contributed by atoms with E-state index >= 15 is 0 Å². The van der Waals surface area contributed by atoms with Crippen LogP contribution in [-0.4, -0.2) is 0 Å². The number of benzene rings is 3. The minimum absolute atomic E-state index is 0.341. The Morgan fingerprint density at radius 2 is 1.27 bits per heavy atom. The molecule has 0 spiro atoms. The SMILES string of the molecule is CC.Fc1cc(-c2ccc3cc(C4CCCC4)ccc3c2)cc(F)c1F. The van der Waals surface area contributed by atoms with Crippen LogP contribution < -0.4 is 0 Å². The van der Waals surface area contributed by atoms with Gasteiger partial charge in [0.05, 0.1) is 0 Å². The van der Waals surface area contributed by atoms with Gasteiger partial charge in [-0.15, -0.1) is 0 Å². The standard InChI is InChI=1S/C21H17F3.C2H6/c22-19-11-18(12-20(23)21(19)24)17-8-7-15-9-14(5-6-16(15)10-17)13-3-1-2-4-13;1-2/h5-13H,1-4H2;1-2H3. The van der Waals surface area contributed by atoms with E-state index in [-0.39, 0.29) is 0 Å². The van der Waals surface area contributed by atoms with Crippen molar-refractivity contribution in [3.05, 3.63) is 71.5 Å². The summed E-state index contributed by atoms with van der Waals surface area (Å²) in [5, 5.41) is 2.13. The molecule has 3 heteroatoms. The van der Waals surface area contributed by atoms with Crippen molar-refractivity contribution in [1.29, 1.82) is 0 Å². The van der Waals surface area contributed by atoms with Gasteiger partial charge in [0.25, 0.3) is 0 Å². The predicted octanol–water partition coefficient (Wildman–Crippen LogP) is 7.61. The molecule has 4 rings (SSSR count). The minimum atomic E-state index is -1.43. The molecule has 1 fully saturated rings. The maximum atomic E-state index is 13.5. The Morgan fingerprint density at radius 1 is 0.692 bits per heavy atom. The Morgan fingerprint density at radius 3 is 1.92 bits per heavy atom. The number of hydrogen-bond donors (Lipinski definition) is 0. The van der Waals surface area contributed by atoms with Crippen LogP contribution in [0, 0.1) is 17.5 Å². The summed E-state index contributed by atoms with van der Waals surface area (Å²) < 4.78 is 40.0. The molecule has 26 heavy (non-hydrogen) atoms. The average molecular weight is 356 g/mol. The molecule has 0 atom stereocenters. The smallest absolute Gasteiger partial charge is 0.194 e. The van der Waals surface area contributed by atoms with Gasteiger partial charge >= 0.3 is 0 Å². The second-order valence-electron chi connectivity index (χ2n) is 6.56. The third-order valence-corrected chi connectivity index (χ3v) is 5.01. The van der Waals surface area contributed by atoms with Crippen LogP contribution in [0.25, 0.3) is 21.9 Å². The zero-order valence-electron chi connectivity index (χ0n) is 15.2. The summed E-state index contributed by atoms with van der Waals surface area (Å²) in [5.41, 5.74) is 2.38. The molecule has 0 unspecified atom stereocenters. The Kier molecular flexibility index (Phi) is 5.65. The highest BCUT2D eigenvalue weighted by Crippen LogP contribution is 2.36. The monoisotopic (exact) mass is 356 g/mol. The van der Waals surface area contributed by atoms with E-state index in [1.807, 2.05) is 32.0 Å². The van der Waals surface area contributed by atoms with Crippen molar-refractivity contribution >= 4 is 10.8 Å². The Bertz CT molecular complexity index is 885. The first-order valence-electron chi connectivity index (χ1n) is 9.30. The maximum Gasteiger partial charge on any atom is 0.194 e. The van der Waals surface area contributed by atoms with Crippen molar-refractivity contribution in [2.75, 3.05) is 0 Å². The Labute approximate surface area is 152 Å². The van der Waals surface area contributed by atoms with E-state index < -0.39 is 17.5 Å². The van der Waals surface area contributed by atoms with E-state index in [2.05, 4.69) is 18.2 Å². The van der Waals surface area contributed by atoms with Gasteiger partial charge in [0.2, 0.25) is 0 Å². The fourth-order valence-corrected chi connectivity index (χ4v) is 3.68. The molecule has 0 amide bonds. The molecule has 1 aliphatic carbocycles. The molecule has 0 nitrogen and oxygen atoms in total. The first-order valence-corrected chi connectivity index (χ1v) is 9.30. The number of hydrogen-bond acceptors (Lipinski definition) is 0. The average Bonchev–Trinajstić information content (AvgIpc) is 3.21. The van der Waals surface area contributed by atoms with Gasteiger partial charge in [0, 0.05) is 0 Å². The maximum absolute atomic E-state index is 13.5. The summed E-state index contributed by atoms with van der Waals surface area (Å²) in [7, 11) is 0. The van der Waals surface area contributed by atoms with Crippen LogP contribution in [0.5, 0.6) is 0 Å². The molecule has 136 valence electrons. The molecule has 3 aromatic carbocycles. The summed E-state index contributed by atoms with van der Waals surface area (Å²) in [6.07, 6.45) is 5.09. The quantitative estimate of drug-likeness (QED) is 0.415. The summed E-state index contributed by atoms with van der Waals surface area (Å²) in [6, 6.07) is 14.2. The molecule has 0 saturated heterocycles. The first kappa shape index (κ1) is 18.5. The molecular weight excluding hydrogens is 333 g/mol. The first-order chi connectivity index (χ1) is 12.6. The molecule has 0 N–H and O–H groups in total. The van der Waals surface area contributed by atoms with Crippen molar-refractivity contribution in [2.45, 2.75) is 45.4 Å².